The maximum atomic E-state index is 11.9. The first kappa shape index (κ1) is 12.1. The fourth-order valence-electron chi connectivity index (χ4n) is 1.44. The van der Waals surface area contributed by atoms with Gasteiger partial charge < -0.3 is 9.32 Å². The van der Waals surface area contributed by atoms with Crippen LogP contribution in [0.2, 0.25) is 5.22 Å². The maximum Gasteiger partial charge on any atom is 0.258 e. The second kappa shape index (κ2) is 4.27. The molecule has 15 heavy (non-hydrogen) atoms. The third kappa shape index (κ3) is 3.27. The molecule has 1 heterocycles. The van der Waals surface area contributed by atoms with E-state index in [1.165, 1.54) is 6.26 Å². The lowest BCUT2D eigenvalue weighted by Gasteiger charge is -2.26. The standard InChI is InChI=1S/C11H16ClNO2/c1-11(2,3)7-13(4)10(14)8-5-6-15-9(8)12/h5-6H,7H2,1-4H3. The Bertz CT molecular complexity index is 352. The zero-order chi connectivity index (χ0) is 11.6. The maximum absolute atomic E-state index is 11.9. The molecule has 3 nitrogen and oxygen atoms in total. The van der Waals surface area contributed by atoms with Gasteiger partial charge in [-0.25, -0.2) is 0 Å². The van der Waals surface area contributed by atoms with Gasteiger partial charge in [0.25, 0.3) is 5.91 Å². The van der Waals surface area contributed by atoms with E-state index in [-0.39, 0.29) is 16.5 Å². The molecule has 1 amide bonds. The van der Waals surface area contributed by atoms with Crippen molar-refractivity contribution >= 4 is 17.5 Å². The number of amides is 1. The van der Waals surface area contributed by atoms with Crippen LogP contribution in [0, 0.1) is 5.41 Å². The Kier molecular flexibility index (Phi) is 3.45. The molecular formula is C11H16ClNO2. The molecule has 0 bridgehead atoms. The first-order valence-electron chi connectivity index (χ1n) is 4.80. The van der Waals surface area contributed by atoms with Gasteiger partial charge in [-0.05, 0) is 23.1 Å². The van der Waals surface area contributed by atoms with Gasteiger partial charge in [-0.1, -0.05) is 20.8 Å². The van der Waals surface area contributed by atoms with E-state index < -0.39 is 0 Å². The van der Waals surface area contributed by atoms with Crippen molar-refractivity contribution in [2.45, 2.75) is 20.8 Å². The lowest BCUT2D eigenvalue weighted by Crippen LogP contribution is -2.34. The summed E-state index contributed by atoms with van der Waals surface area (Å²) in [5.41, 5.74) is 0.490. The van der Waals surface area contributed by atoms with E-state index in [1.807, 2.05) is 0 Å². The van der Waals surface area contributed by atoms with Crippen molar-refractivity contribution in [1.29, 1.82) is 0 Å². The fraction of sp³-hybridized carbons (Fsp3) is 0.545. The molecule has 0 fully saturated rings. The molecule has 0 aliphatic heterocycles. The highest BCUT2D eigenvalue weighted by Gasteiger charge is 2.21. The molecule has 0 radical (unpaired) electrons. The Balaban J connectivity index is 2.74. The molecule has 1 rings (SSSR count). The van der Waals surface area contributed by atoms with E-state index in [4.69, 9.17) is 16.0 Å². The van der Waals surface area contributed by atoms with Gasteiger partial charge >= 0.3 is 0 Å². The van der Waals surface area contributed by atoms with Crippen LogP contribution in [0.5, 0.6) is 0 Å². The fourth-order valence-corrected chi connectivity index (χ4v) is 1.63. The zero-order valence-corrected chi connectivity index (χ0v) is 10.3. The van der Waals surface area contributed by atoms with Crippen LogP contribution in [0.4, 0.5) is 0 Å². The Morgan fingerprint density at radius 3 is 2.53 bits per heavy atom. The quantitative estimate of drug-likeness (QED) is 0.781. The van der Waals surface area contributed by atoms with Gasteiger partial charge in [0.2, 0.25) is 5.22 Å². The third-order valence-electron chi connectivity index (χ3n) is 1.91. The average Bonchev–Trinajstić information content (AvgIpc) is 2.47. The Morgan fingerprint density at radius 2 is 2.13 bits per heavy atom. The van der Waals surface area contributed by atoms with Crippen molar-refractivity contribution in [3.63, 3.8) is 0 Å². The number of hydrogen-bond donors (Lipinski definition) is 0. The van der Waals surface area contributed by atoms with Gasteiger partial charge in [-0.2, -0.15) is 0 Å². The molecular weight excluding hydrogens is 214 g/mol. The second-order valence-corrected chi connectivity index (χ2v) is 5.17. The monoisotopic (exact) mass is 229 g/mol. The van der Waals surface area contributed by atoms with Crippen molar-refractivity contribution in [2.75, 3.05) is 13.6 Å². The minimum atomic E-state index is -0.108. The lowest BCUT2D eigenvalue weighted by atomic mass is 9.96. The van der Waals surface area contributed by atoms with Gasteiger partial charge in [-0.3, -0.25) is 4.79 Å². The predicted octanol–water partition coefficient (Wildman–Crippen LogP) is 3.05. The highest BCUT2D eigenvalue weighted by Crippen LogP contribution is 2.20. The summed E-state index contributed by atoms with van der Waals surface area (Å²) in [5, 5.41) is 0.153. The van der Waals surface area contributed by atoms with E-state index in [0.717, 1.165) is 0 Å². The zero-order valence-electron chi connectivity index (χ0n) is 9.50. The number of carbonyl (C=O) groups excluding carboxylic acids is 1. The summed E-state index contributed by atoms with van der Waals surface area (Å²) in [7, 11) is 1.76. The largest absolute Gasteiger partial charge is 0.452 e. The van der Waals surface area contributed by atoms with Crippen LogP contribution in [0.1, 0.15) is 31.1 Å². The topological polar surface area (TPSA) is 33.5 Å². The molecule has 0 saturated heterocycles. The van der Waals surface area contributed by atoms with Crippen molar-refractivity contribution in [2.24, 2.45) is 5.41 Å². The van der Waals surface area contributed by atoms with Crippen molar-refractivity contribution in [1.82, 2.24) is 4.90 Å². The van der Waals surface area contributed by atoms with Gasteiger partial charge in [-0.15, -0.1) is 0 Å². The van der Waals surface area contributed by atoms with Gasteiger partial charge in [0.05, 0.1) is 11.8 Å². The molecule has 0 aliphatic rings. The van der Waals surface area contributed by atoms with Gasteiger partial charge in [0.1, 0.15) is 0 Å². The Hall–Kier alpha value is -0.960. The van der Waals surface area contributed by atoms with Crippen LogP contribution >= 0.6 is 11.6 Å². The SMILES string of the molecule is CN(CC(C)(C)C)C(=O)c1ccoc1Cl. The molecule has 0 saturated carbocycles. The summed E-state index contributed by atoms with van der Waals surface area (Å²) in [6.07, 6.45) is 1.42. The number of halogens is 1. The van der Waals surface area contributed by atoms with Crippen LogP contribution in [0.15, 0.2) is 16.7 Å². The number of carbonyl (C=O) groups is 1. The third-order valence-corrected chi connectivity index (χ3v) is 2.20. The molecule has 4 heteroatoms. The molecule has 0 N–H and O–H groups in total. The second-order valence-electron chi connectivity index (χ2n) is 4.83. The van der Waals surface area contributed by atoms with E-state index in [2.05, 4.69) is 20.8 Å². The number of furan rings is 1. The van der Waals surface area contributed by atoms with E-state index >= 15 is 0 Å². The van der Waals surface area contributed by atoms with Crippen LogP contribution in [0.3, 0.4) is 0 Å². The molecule has 0 spiro atoms. The van der Waals surface area contributed by atoms with Crippen LogP contribution in [-0.2, 0) is 0 Å². The Labute approximate surface area is 95.0 Å². The van der Waals surface area contributed by atoms with E-state index in [1.54, 1.807) is 18.0 Å². The summed E-state index contributed by atoms with van der Waals surface area (Å²) in [5.74, 6) is -0.108. The highest BCUT2D eigenvalue weighted by atomic mass is 35.5. The molecule has 84 valence electrons. The van der Waals surface area contributed by atoms with Crippen molar-refractivity contribution in [3.05, 3.63) is 23.1 Å². The van der Waals surface area contributed by atoms with Crippen molar-refractivity contribution in [3.8, 4) is 0 Å². The number of nitrogens with zero attached hydrogens (tertiary/aromatic N) is 1. The average molecular weight is 230 g/mol. The lowest BCUT2D eigenvalue weighted by molar-refractivity contribution is 0.0745. The molecule has 1 aromatic heterocycles. The van der Waals surface area contributed by atoms with Crippen LogP contribution < -0.4 is 0 Å². The molecule has 0 aliphatic carbocycles. The number of rotatable bonds is 2. The number of hydrogen-bond acceptors (Lipinski definition) is 2. The normalized spacial score (nSPS) is 11.5. The highest BCUT2D eigenvalue weighted by molar-refractivity contribution is 6.32. The smallest absolute Gasteiger partial charge is 0.258 e. The van der Waals surface area contributed by atoms with Gasteiger partial charge in [0, 0.05) is 13.6 Å². The van der Waals surface area contributed by atoms with Crippen LogP contribution in [0.25, 0.3) is 0 Å². The molecule has 0 aromatic carbocycles. The summed E-state index contributed by atoms with van der Waals surface area (Å²) < 4.78 is 4.88. The molecule has 0 unspecified atom stereocenters. The summed E-state index contributed by atoms with van der Waals surface area (Å²) in [4.78, 5) is 13.5. The summed E-state index contributed by atoms with van der Waals surface area (Å²) in [6.45, 7) is 6.91. The molecule has 1 aromatic rings. The van der Waals surface area contributed by atoms with Gasteiger partial charge in [0.15, 0.2) is 0 Å². The Morgan fingerprint density at radius 1 is 1.53 bits per heavy atom. The van der Waals surface area contributed by atoms with Crippen molar-refractivity contribution < 1.29 is 9.21 Å². The van der Waals surface area contributed by atoms with Crippen LogP contribution in [-0.4, -0.2) is 24.4 Å². The summed E-state index contributed by atoms with van der Waals surface area (Å²) in [6, 6.07) is 1.59. The first-order valence-corrected chi connectivity index (χ1v) is 5.17. The molecule has 0 atom stereocenters. The first-order chi connectivity index (χ1) is 6.81. The van der Waals surface area contributed by atoms with E-state index in [0.29, 0.717) is 12.1 Å². The minimum Gasteiger partial charge on any atom is -0.452 e. The minimum absolute atomic E-state index is 0.0701. The van der Waals surface area contributed by atoms with E-state index in [9.17, 15) is 4.79 Å². The predicted molar refractivity (Wildman–Crippen MR) is 60.1 cm³/mol. The summed E-state index contributed by atoms with van der Waals surface area (Å²) >= 11 is 5.74.